The quantitative estimate of drug-likeness (QED) is 0.524. The van der Waals surface area contributed by atoms with Crippen molar-refractivity contribution in [1.29, 1.82) is 0 Å². The molecular formula is C26H26N4O3. The van der Waals surface area contributed by atoms with Gasteiger partial charge in [0, 0.05) is 19.2 Å². The molecule has 0 aliphatic heterocycles. The summed E-state index contributed by atoms with van der Waals surface area (Å²) < 4.78 is 4.02. The number of aromatic nitrogens is 3. The topological polar surface area (TPSA) is 78.0 Å². The Morgan fingerprint density at radius 1 is 0.788 bits per heavy atom. The molecule has 1 aliphatic rings. The second-order valence-corrected chi connectivity index (χ2v) is 8.56. The van der Waals surface area contributed by atoms with Crippen LogP contribution in [0.15, 0.2) is 81.1 Å². The van der Waals surface area contributed by atoms with Crippen LogP contribution in [0.4, 0.5) is 5.69 Å². The van der Waals surface area contributed by atoms with Gasteiger partial charge in [-0.1, -0.05) is 55.7 Å². The van der Waals surface area contributed by atoms with Crippen LogP contribution in [0.25, 0.3) is 22.4 Å². The number of hydrogen-bond acceptors (Lipinski definition) is 4. The monoisotopic (exact) mass is 442 g/mol. The van der Waals surface area contributed by atoms with Crippen molar-refractivity contribution in [2.45, 2.75) is 38.1 Å². The SMILES string of the molecule is Cn1c(=O)cc(NC2CCCCC2)c2c(=O)n(-c3ccccc3)c(=O)n(-c3ccccc3)c21. The summed E-state index contributed by atoms with van der Waals surface area (Å²) >= 11 is 0. The standard InChI is InChI=1S/C26H26N4O3/c1-28-22(31)17-21(27-18-11-5-2-6-12-18)23-24(28)29(19-13-7-3-8-14-19)26(33)30(25(23)32)20-15-9-4-10-16-20/h3-4,7-10,13-18,27H,2,5-6,11-12H2,1H3. The molecule has 0 spiro atoms. The third-order valence-corrected chi connectivity index (χ3v) is 6.41. The third kappa shape index (κ3) is 3.69. The normalized spacial score (nSPS) is 14.5. The molecule has 2 aromatic carbocycles. The highest BCUT2D eigenvalue weighted by atomic mass is 16.2. The number of pyridine rings is 1. The smallest absolute Gasteiger partial charge is 0.341 e. The third-order valence-electron chi connectivity index (χ3n) is 6.41. The molecule has 1 aliphatic carbocycles. The van der Waals surface area contributed by atoms with Gasteiger partial charge in [-0.3, -0.25) is 14.2 Å². The van der Waals surface area contributed by atoms with Gasteiger partial charge in [0.25, 0.3) is 11.1 Å². The highest BCUT2D eigenvalue weighted by Crippen LogP contribution is 2.25. The van der Waals surface area contributed by atoms with Crippen LogP contribution in [-0.4, -0.2) is 19.7 Å². The lowest BCUT2D eigenvalue weighted by atomic mass is 9.95. The molecule has 2 aromatic heterocycles. The molecular weight excluding hydrogens is 416 g/mol. The first-order chi connectivity index (χ1) is 16.1. The molecule has 1 saturated carbocycles. The summed E-state index contributed by atoms with van der Waals surface area (Å²) in [6.45, 7) is 0. The van der Waals surface area contributed by atoms with Crippen molar-refractivity contribution in [3.8, 4) is 11.4 Å². The zero-order valence-corrected chi connectivity index (χ0v) is 18.5. The number of aryl methyl sites for hydroxylation is 1. The number of fused-ring (bicyclic) bond motifs is 1. The van der Waals surface area contributed by atoms with Gasteiger partial charge >= 0.3 is 5.69 Å². The highest BCUT2D eigenvalue weighted by Gasteiger charge is 2.23. The molecule has 0 unspecified atom stereocenters. The van der Waals surface area contributed by atoms with Crippen molar-refractivity contribution in [2.75, 3.05) is 5.32 Å². The molecule has 7 nitrogen and oxygen atoms in total. The van der Waals surface area contributed by atoms with Crippen LogP contribution < -0.4 is 22.1 Å². The minimum atomic E-state index is -0.519. The molecule has 2 heterocycles. The number of hydrogen-bond donors (Lipinski definition) is 1. The minimum Gasteiger partial charge on any atom is -0.381 e. The van der Waals surface area contributed by atoms with Crippen LogP contribution in [-0.2, 0) is 7.05 Å². The fraction of sp³-hybridized carbons (Fsp3) is 0.269. The van der Waals surface area contributed by atoms with E-state index in [1.165, 1.54) is 26.2 Å². The Morgan fingerprint density at radius 2 is 1.36 bits per heavy atom. The summed E-state index contributed by atoms with van der Waals surface area (Å²) in [5, 5.41) is 3.80. The fourth-order valence-electron chi connectivity index (χ4n) is 4.74. The maximum absolute atomic E-state index is 13.9. The summed E-state index contributed by atoms with van der Waals surface area (Å²) in [5.74, 6) is 0. The van der Waals surface area contributed by atoms with Crippen LogP contribution >= 0.6 is 0 Å². The second-order valence-electron chi connectivity index (χ2n) is 8.56. The van der Waals surface area contributed by atoms with Gasteiger partial charge < -0.3 is 5.32 Å². The van der Waals surface area contributed by atoms with E-state index in [9.17, 15) is 14.4 Å². The minimum absolute atomic E-state index is 0.190. The predicted molar refractivity (Wildman–Crippen MR) is 131 cm³/mol. The van der Waals surface area contributed by atoms with E-state index in [4.69, 9.17) is 0 Å². The molecule has 0 amide bonds. The van der Waals surface area contributed by atoms with Crippen molar-refractivity contribution in [1.82, 2.24) is 13.7 Å². The Bertz CT molecular complexity index is 1480. The number of anilines is 1. The first kappa shape index (κ1) is 21.0. The van der Waals surface area contributed by atoms with Crippen molar-refractivity contribution >= 4 is 16.7 Å². The van der Waals surface area contributed by atoms with Crippen LogP contribution in [0.5, 0.6) is 0 Å². The van der Waals surface area contributed by atoms with E-state index in [-0.39, 0.29) is 17.2 Å². The first-order valence-corrected chi connectivity index (χ1v) is 11.4. The molecule has 5 rings (SSSR count). The molecule has 0 atom stereocenters. The van der Waals surface area contributed by atoms with E-state index < -0.39 is 11.2 Å². The molecule has 4 aromatic rings. The molecule has 1 N–H and O–H groups in total. The fourth-order valence-corrected chi connectivity index (χ4v) is 4.74. The van der Waals surface area contributed by atoms with Crippen LogP contribution in [0.1, 0.15) is 32.1 Å². The first-order valence-electron chi connectivity index (χ1n) is 11.4. The molecule has 0 bridgehead atoms. The van der Waals surface area contributed by atoms with Gasteiger partial charge in [0.15, 0.2) is 0 Å². The Morgan fingerprint density at radius 3 is 1.97 bits per heavy atom. The van der Waals surface area contributed by atoms with Gasteiger partial charge in [0.2, 0.25) is 0 Å². The molecule has 168 valence electrons. The van der Waals surface area contributed by atoms with Gasteiger partial charge in [-0.05, 0) is 37.1 Å². The Balaban J connectivity index is 1.91. The number of rotatable bonds is 4. The summed E-state index contributed by atoms with van der Waals surface area (Å²) in [6, 6.07) is 19.7. The van der Waals surface area contributed by atoms with Crippen molar-refractivity contribution in [2.24, 2.45) is 7.05 Å². The number of nitrogens with one attached hydrogen (secondary N) is 1. The van der Waals surface area contributed by atoms with Crippen LogP contribution in [0.3, 0.4) is 0 Å². The molecule has 1 fully saturated rings. The number of para-hydroxylation sites is 2. The summed E-state index contributed by atoms with van der Waals surface area (Å²) in [6.07, 6.45) is 5.40. The largest absolute Gasteiger partial charge is 0.381 e. The van der Waals surface area contributed by atoms with Gasteiger partial charge in [0.1, 0.15) is 11.0 Å². The molecule has 33 heavy (non-hydrogen) atoms. The van der Waals surface area contributed by atoms with E-state index in [1.807, 2.05) is 24.3 Å². The summed E-state index contributed by atoms with van der Waals surface area (Å²) in [4.78, 5) is 40.6. The zero-order valence-electron chi connectivity index (χ0n) is 18.5. The average molecular weight is 443 g/mol. The zero-order chi connectivity index (χ0) is 22.9. The lowest BCUT2D eigenvalue weighted by Gasteiger charge is -2.25. The van der Waals surface area contributed by atoms with Gasteiger partial charge in [-0.25, -0.2) is 13.9 Å². The Kier molecular flexibility index (Phi) is 5.46. The predicted octanol–water partition coefficient (Wildman–Crippen LogP) is 3.58. The lowest BCUT2D eigenvalue weighted by molar-refractivity contribution is 0.463. The summed E-state index contributed by atoms with van der Waals surface area (Å²) in [7, 11) is 1.60. The van der Waals surface area contributed by atoms with Crippen LogP contribution in [0.2, 0.25) is 0 Å². The lowest BCUT2D eigenvalue weighted by Crippen LogP contribution is -2.41. The average Bonchev–Trinajstić information content (AvgIpc) is 2.84. The van der Waals surface area contributed by atoms with E-state index in [0.29, 0.717) is 22.4 Å². The van der Waals surface area contributed by atoms with Crippen molar-refractivity contribution in [3.05, 3.63) is 97.9 Å². The number of nitrogens with zero attached hydrogens (tertiary/aromatic N) is 3. The van der Waals surface area contributed by atoms with E-state index in [0.717, 1.165) is 25.7 Å². The second kappa shape index (κ2) is 8.58. The van der Waals surface area contributed by atoms with E-state index in [1.54, 1.807) is 43.4 Å². The van der Waals surface area contributed by atoms with Crippen molar-refractivity contribution in [3.63, 3.8) is 0 Å². The van der Waals surface area contributed by atoms with Gasteiger partial charge in [-0.15, -0.1) is 0 Å². The van der Waals surface area contributed by atoms with Crippen molar-refractivity contribution < 1.29 is 0 Å². The van der Waals surface area contributed by atoms with Crippen LogP contribution in [0, 0.1) is 0 Å². The van der Waals surface area contributed by atoms with Gasteiger partial charge in [-0.2, -0.15) is 0 Å². The molecule has 0 saturated heterocycles. The Labute approximate surface area is 190 Å². The number of benzene rings is 2. The molecule has 0 radical (unpaired) electrons. The summed E-state index contributed by atoms with van der Waals surface area (Å²) in [5.41, 5.74) is 0.603. The maximum atomic E-state index is 13.9. The van der Waals surface area contributed by atoms with E-state index >= 15 is 0 Å². The van der Waals surface area contributed by atoms with Gasteiger partial charge in [0.05, 0.1) is 17.1 Å². The highest BCUT2D eigenvalue weighted by molar-refractivity contribution is 5.89. The molecule has 7 heteroatoms. The van der Waals surface area contributed by atoms with E-state index in [2.05, 4.69) is 5.32 Å². The Hall–Kier alpha value is -3.87. The maximum Gasteiger partial charge on any atom is 0.341 e.